The summed E-state index contributed by atoms with van der Waals surface area (Å²) in [6.45, 7) is 4.28. The van der Waals surface area contributed by atoms with Gasteiger partial charge >= 0.3 is 0 Å². The first-order valence-corrected chi connectivity index (χ1v) is 12.2. The lowest BCUT2D eigenvalue weighted by Gasteiger charge is -2.13. The predicted octanol–water partition coefficient (Wildman–Crippen LogP) is 4.76. The molecule has 1 amide bonds. The molecule has 1 heterocycles. The number of nitrogens with one attached hydrogen (secondary N) is 1. The Labute approximate surface area is 207 Å². The number of hydrazone groups is 1. The predicted molar refractivity (Wildman–Crippen MR) is 141 cm³/mol. The Morgan fingerprint density at radius 3 is 2.49 bits per heavy atom. The Kier molecular flexibility index (Phi) is 7.62. The van der Waals surface area contributed by atoms with E-state index in [2.05, 4.69) is 29.4 Å². The van der Waals surface area contributed by atoms with Crippen LogP contribution in [-0.4, -0.2) is 34.5 Å². The van der Waals surface area contributed by atoms with E-state index in [9.17, 15) is 9.59 Å². The van der Waals surface area contributed by atoms with E-state index in [0.29, 0.717) is 33.4 Å². The molecule has 0 unspecified atom stereocenters. The molecule has 0 saturated carbocycles. The van der Waals surface area contributed by atoms with E-state index >= 15 is 0 Å². The van der Waals surface area contributed by atoms with Crippen LogP contribution >= 0.6 is 11.8 Å². The first-order valence-electron chi connectivity index (χ1n) is 11.2. The summed E-state index contributed by atoms with van der Waals surface area (Å²) in [7, 11) is 1.59. The third-order valence-electron chi connectivity index (χ3n) is 5.41. The smallest absolute Gasteiger partial charge is 0.266 e. The number of carbonyl (C=O) groups excluding carboxylic acids is 1. The van der Waals surface area contributed by atoms with Crippen molar-refractivity contribution in [2.75, 3.05) is 12.9 Å². The van der Waals surface area contributed by atoms with Crippen LogP contribution in [0.4, 0.5) is 0 Å². The maximum atomic E-state index is 13.3. The van der Waals surface area contributed by atoms with Gasteiger partial charge in [-0.1, -0.05) is 62.0 Å². The van der Waals surface area contributed by atoms with Gasteiger partial charge in [0.2, 0.25) is 0 Å². The Balaban J connectivity index is 1.51. The molecule has 0 bridgehead atoms. The molecular weight excluding hydrogens is 460 g/mol. The van der Waals surface area contributed by atoms with Crippen molar-refractivity contribution in [2.24, 2.45) is 5.10 Å². The Morgan fingerprint density at radius 1 is 1.09 bits per heavy atom. The maximum Gasteiger partial charge on any atom is 0.266 e. The molecule has 178 valence electrons. The van der Waals surface area contributed by atoms with E-state index < -0.39 is 0 Å². The fourth-order valence-corrected chi connectivity index (χ4v) is 4.28. The fourth-order valence-electron chi connectivity index (χ4n) is 3.48. The molecule has 0 aliphatic rings. The van der Waals surface area contributed by atoms with E-state index in [4.69, 9.17) is 4.74 Å². The minimum atomic E-state index is -0.297. The number of methoxy groups -OCH3 is 1. The number of fused-ring (bicyclic) bond motifs is 1. The van der Waals surface area contributed by atoms with Gasteiger partial charge in [-0.2, -0.15) is 5.10 Å². The zero-order valence-electron chi connectivity index (χ0n) is 19.8. The number of benzene rings is 3. The third-order valence-corrected chi connectivity index (χ3v) is 6.35. The summed E-state index contributed by atoms with van der Waals surface area (Å²) in [6, 6.07) is 22.3. The number of hydrogen-bond acceptors (Lipinski definition) is 6. The molecule has 7 nitrogen and oxygen atoms in total. The van der Waals surface area contributed by atoms with Crippen LogP contribution in [0.3, 0.4) is 0 Å². The van der Waals surface area contributed by atoms with E-state index in [-0.39, 0.29) is 17.2 Å². The largest absolute Gasteiger partial charge is 0.497 e. The molecule has 0 aliphatic heterocycles. The molecule has 0 radical (unpaired) electrons. The summed E-state index contributed by atoms with van der Waals surface area (Å²) in [4.78, 5) is 30.4. The summed E-state index contributed by atoms with van der Waals surface area (Å²) in [5, 5.41) is 4.98. The topological polar surface area (TPSA) is 85.6 Å². The van der Waals surface area contributed by atoms with Crippen molar-refractivity contribution in [1.29, 1.82) is 0 Å². The van der Waals surface area contributed by atoms with E-state index in [1.807, 2.05) is 30.3 Å². The van der Waals surface area contributed by atoms with Crippen LogP contribution in [0.15, 0.2) is 87.8 Å². The number of ether oxygens (including phenoxy) is 1. The molecule has 3 aromatic carbocycles. The quantitative estimate of drug-likeness (QED) is 0.168. The van der Waals surface area contributed by atoms with Crippen LogP contribution in [0.2, 0.25) is 0 Å². The molecule has 0 fully saturated rings. The fraction of sp³-hybridized carbons (Fsp3) is 0.185. The van der Waals surface area contributed by atoms with Crippen LogP contribution in [0.25, 0.3) is 16.6 Å². The van der Waals surface area contributed by atoms with Gasteiger partial charge in [-0.05, 0) is 53.4 Å². The second kappa shape index (κ2) is 11.0. The number of para-hydroxylation sites is 1. The van der Waals surface area contributed by atoms with Gasteiger partial charge < -0.3 is 4.74 Å². The number of amides is 1. The molecule has 1 N–H and O–H groups in total. The van der Waals surface area contributed by atoms with E-state index in [1.165, 1.54) is 21.9 Å². The number of rotatable bonds is 8. The lowest BCUT2D eigenvalue weighted by molar-refractivity contribution is -0.118. The number of thioether (sulfide) groups is 1. The molecule has 8 heteroatoms. The van der Waals surface area contributed by atoms with Crippen LogP contribution in [-0.2, 0) is 4.79 Å². The third kappa shape index (κ3) is 5.78. The molecule has 1 aromatic heterocycles. The lowest BCUT2D eigenvalue weighted by atomic mass is 10.0. The number of hydrogen-bond donors (Lipinski definition) is 1. The van der Waals surface area contributed by atoms with Gasteiger partial charge in [0, 0.05) is 0 Å². The molecule has 35 heavy (non-hydrogen) atoms. The van der Waals surface area contributed by atoms with Crippen molar-refractivity contribution in [2.45, 2.75) is 24.9 Å². The van der Waals surface area contributed by atoms with Gasteiger partial charge in [0.15, 0.2) is 5.16 Å². The van der Waals surface area contributed by atoms with Crippen molar-refractivity contribution in [3.8, 4) is 11.4 Å². The summed E-state index contributed by atoms with van der Waals surface area (Å²) in [5.74, 6) is 0.885. The van der Waals surface area contributed by atoms with Crippen LogP contribution in [0, 0.1) is 0 Å². The summed E-state index contributed by atoms with van der Waals surface area (Å²) in [6.07, 6.45) is 1.61. The van der Waals surface area contributed by atoms with Crippen molar-refractivity contribution < 1.29 is 9.53 Å². The van der Waals surface area contributed by atoms with Gasteiger partial charge in [0.25, 0.3) is 11.5 Å². The maximum absolute atomic E-state index is 13.3. The summed E-state index contributed by atoms with van der Waals surface area (Å²) < 4.78 is 6.74. The minimum Gasteiger partial charge on any atom is -0.497 e. The molecule has 0 saturated heterocycles. The van der Waals surface area contributed by atoms with Crippen molar-refractivity contribution >= 4 is 34.8 Å². The number of carbonyl (C=O) groups is 1. The molecule has 4 aromatic rings. The van der Waals surface area contributed by atoms with Gasteiger partial charge in [0.05, 0.1) is 35.7 Å². The minimum absolute atomic E-state index is 0.0462. The Bertz CT molecular complexity index is 1410. The highest BCUT2D eigenvalue weighted by molar-refractivity contribution is 7.99. The zero-order chi connectivity index (χ0) is 24.8. The Morgan fingerprint density at radius 2 is 1.80 bits per heavy atom. The van der Waals surface area contributed by atoms with Gasteiger partial charge in [-0.3, -0.25) is 14.2 Å². The van der Waals surface area contributed by atoms with Gasteiger partial charge in [-0.15, -0.1) is 0 Å². The Hall–Kier alpha value is -3.91. The highest BCUT2D eigenvalue weighted by Crippen LogP contribution is 2.22. The standard InChI is InChI=1S/C27H26N4O3S/c1-18(2)20-10-8-19(9-11-20)16-28-30-25(32)17-35-27-29-24-7-5-4-6-23(24)26(33)31(27)21-12-14-22(34-3)15-13-21/h4-16,18H,17H2,1-3H3,(H,30,32). The molecule has 0 atom stereocenters. The van der Waals surface area contributed by atoms with Crippen molar-refractivity contribution in [1.82, 2.24) is 15.0 Å². The van der Waals surface area contributed by atoms with Gasteiger partial charge in [-0.25, -0.2) is 10.4 Å². The number of nitrogens with zero attached hydrogens (tertiary/aromatic N) is 3. The van der Waals surface area contributed by atoms with Crippen LogP contribution in [0.5, 0.6) is 5.75 Å². The lowest BCUT2D eigenvalue weighted by Crippen LogP contribution is -2.24. The van der Waals surface area contributed by atoms with E-state index in [1.54, 1.807) is 55.8 Å². The average Bonchev–Trinajstić information content (AvgIpc) is 2.88. The molecule has 0 spiro atoms. The summed E-state index contributed by atoms with van der Waals surface area (Å²) >= 11 is 1.18. The van der Waals surface area contributed by atoms with Crippen molar-refractivity contribution in [3.63, 3.8) is 0 Å². The van der Waals surface area contributed by atoms with Gasteiger partial charge in [0.1, 0.15) is 5.75 Å². The summed E-state index contributed by atoms with van der Waals surface area (Å²) in [5.41, 5.74) is 5.70. The van der Waals surface area contributed by atoms with Crippen LogP contribution < -0.4 is 15.7 Å². The second-order valence-electron chi connectivity index (χ2n) is 8.15. The zero-order valence-corrected chi connectivity index (χ0v) is 20.6. The SMILES string of the molecule is COc1ccc(-n2c(SCC(=O)NN=Cc3ccc(C(C)C)cc3)nc3ccccc3c2=O)cc1. The highest BCUT2D eigenvalue weighted by atomic mass is 32.2. The monoisotopic (exact) mass is 486 g/mol. The first-order chi connectivity index (χ1) is 17.0. The molecule has 0 aliphatic carbocycles. The van der Waals surface area contributed by atoms with Crippen molar-refractivity contribution in [3.05, 3.63) is 94.3 Å². The number of aromatic nitrogens is 2. The first kappa shape index (κ1) is 24.2. The molecule has 4 rings (SSSR count). The van der Waals surface area contributed by atoms with E-state index in [0.717, 1.165) is 5.56 Å². The second-order valence-corrected chi connectivity index (χ2v) is 9.10. The highest BCUT2D eigenvalue weighted by Gasteiger charge is 2.15. The molecular formula is C27H26N4O3S. The van der Waals surface area contributed by atoms with Crippen LogP contribution in [0.1, 0.15) is 30.9 Å². The normalized spacial score (nSPS) is 11.3. The average molecular weight is 487 g/mol.